The van der Waals surface area contributed by atoms with Gasteiger partial charge in [0.2, 0.25) is 0 Å². The lowest BCUT2D eigenvalue weighted by molar-refractivity contribution is 0.268. The highest BCUT2D eigenvalue weighted by atomic mass is 16.3. The number of aliphatic hydroxyl groups is 1. The summed E-state index contributed by atoms with van der Waals surface area (Å²) < 4.78 is 0. The molecular formula is C13H19N3O. The van der Waals surface area contributed by atoms with Crippen LogP contribution in [0.2, 0.25) is 0 Å². The summed E-state index contributed by atoms with van der Waals surface area (Å²) in [4.78, 5) is 4.18. The number of hydrogen-bond acceptors (Lipinski definition) is 2. The fourth-order valence-electron chi connectivity index (χ4n) is 1.43. The van der Waals surface area contributed by atoms with E-state index < -0.39 is 0 Å². The maximum Gasteiger partial charge on any atom is 0.188 e. The van der Waals surface area contributed by atoms with Crippen LogP contribution in [0.5, 0.6) is 0 Å². The Bertz CT molecular complexity index is 362. The van der Waals surface area contributed by atoms with Crippen LogP contribution in [0.1, 0.15) is 11.5 Å². The van der Waals surface area contributed by atoms with Gasteiger partial charge in [-0.3, -0.25) is 4.99 Å². The normalized spacial score (nSPS) is 13.1. The molecule has 1 unspecified atom stereocenters. The van der Waals surface area contributed by atoms with Gasteiger partial charge in [0.15, 0.2) is 5.96 Å². The lowest BCUT2D eigenvalue weighted by Gasteiger charge is -2.12. The molecule has 0 bridgehead atoms. The fraction of sp³-hybridized carbons (Fsp3) is 0.308. The van der Waals surface area contributed by atoms with E-state index in [0.29, 0.717) is 19.0 Å². The molecule has 1 aromatic carbocycles. The first-order valence-electron chi connectivity index (χ1n) is 5.58. The van der Waals surface area contributed by atoms with Gasteiger partial charge < -0.3 is 16.2 Å². The third-order valence-electron chi connectivity index (χ3n) is 2.40. The minimum absolute atomic E-state index is 0.0136. The minimum atomic E-state index is -0.0136. The van der Waals surface area contributed by atoms with Crippen LogP contribution in [0.4, 0.5) is 0 Å². The molecule has 4 nitrogen and oxygen atoms in total. The molecule has 1 atom stereocenters. The maximum atomic E-state index is 9.32. The van der Waals surface area contributed by atoms with Gasteiger partial charge in [0, 0.05) is 12.5 Å². The minimum Gasteiger partial charge on any atom is -0.396 e. The number of hydrogen-bond donors (Lipinski definition) is 3. The van der Waals surface area contributed by atoms with Gasteiger partial charge in [-0.2, -0.15) is 0 Å². The van der Waals surface area contributed by atoms with E-state index in [4.69, 9.17) is 5.73 Å². The van der Waals surface area contributed by atoms with Crippen molar-refractivity contribution in [2.75, 3.05) is 19.7 Å². The smallest absolute Gasteiger partial charge is 0.188 e. The van der Waals surface area contributed by atoms with Gasteiger partial charge in [-0.1, -0.05) is 36.4 Å². The van der Waals surface area contributed by atoms with Crippen molar-refractivity contribution in [3.05, 3.63) is 48.6 Å². The quantitative estimate of drug-likeness (QED) is 0.387. The van der Waals surface area contributed by atoms with Crippen molar-refractivity contribution in [3.63, 3.8) is 0 Å². The monoisotopic (exact) mass is 233 g/mol. The van der Waals surface area contributed by atoms with E-state index in [1.54, 1.807) is 6.08 Å². The molecule has 92 valence electrons. The van der Waals surface area contributed by atoms with Crippen molar-refractivity contribution in [2.45, 2.75) is 5.92 Å². The SMILES string of the molecule is C=CCNC(N)=NCC(CO)c1ccccc1. The van der Waals surface area contributed by atoms with Crippen molar-refractivity contribution in [3.8, 4) is 0 Å². The molecule has 0 aliphatic heterocycles. The van der Waals surface area contributed by atoms with Crippen LogP contribution in [0.15, 0.2) is 48.0 Å². The summed E-state index contributed by atoms with van der Waals surface area (Å²) in [6.07, 6.45) is 1.71. The maximum absolute atomic E-state index is 9.32. The van der Waals surface area contributed by atoms with E-state index in [1.807, 2.05) is 30.3 Å². The summed E-state index contributed by atoms with van der Waals surface area (Å²) in [5.41, 5.74) is 6.72. The van der Waals surface area contributed by atoms with Crippen LogP contribution in [-0.4, -0.2) is 30.8 Å². The molecular weight excluding hydrogens is 214 g/mol. The number of nitrogens with two attached hydrogens (primary N) is 1. The lowest BCUT2D eigenvalue weighted by Crippen LogP contribution is -2.32. The van der Waals surface area contributed by atoms with Crippen molar-refractivity contribution >= 4 is 5.96 Å². The van der Waals surface area contributed by atoms with Crippen LogP contribution in [0.3, 0.4) is 0 Å². The summed E-state index contributed by atoms with van der Waals surface area (Å²) in [6, 6.07) is 9.79. The summed E-state index contributed by atoms with van der Waals surface area (Å²) in [5.74, 6) is 0.361. The molecule has 0 aliphatic rings. The van der Waals surface area contributed by atoms with Gasteiger partial charge in [0.05, 0.1) is 13.2 Å². The van der Waals surface area contributed by atoms with Crippen molar-refractivity contribution in [2.24, 2.45) is 10.7 Å². The largest absolute Gasteiger partial charge is 0.396 e. The number of nitrogens with one attached hydrogen (secondary N) is 1. The first-order valence-corrected chi connectivity index (χ1v) is 5.58. The number of rotatable bonds is 6. The molecule has 0 saturated carbocycles. The Morgan fingerprint density at radius 2 is 2.18 bits per heavy atom. The van der Waals surface area contributed by atoms with Crippen LogP contribution >= 0.6 is 0 Å². The lowest BCUT2D eigenvalue weighted by atomic mass is 10.0. The van der Waals surface area contributed by atoms with E-state index in [9.17, 15) is 5.11 Å². The van der Waals surface area contributed by atoms with E-state index in [-0.39, 0.29) is 12.5 Å². The molecule has 0 radical (unpaired) electrons. The summed E-state index contributed by atoms with van der Waals surface area (Å²) >= 11 is 0. The third kappa shape index (κ3) is 4.70. The van der Waals surface area contributed by atoms with E-state index in [1.165, 1.54) is 0 Å². The second-order valence-electron chi connectivity index (χ2n) is 3.69. The molecule has 0 amide bonds. The number of aliphatic hydroxyl groups excluding tert-OH is 1. The second kappa shape index (κ2) is 7.46. The van der Waals surface area contributed by atoms with Crippen molar-refractivity contribution in [1.82, 2.24) is 5.32 Å². The van der Waals surface area contributed by atoms with Crippen LogP contribution in [0, 0.1) is 0 Å². The van der Waals surface area contributed by atoms with E-state index >= 15 is 0 Å². The molecule has 4 N–H and O–H groups in total. The molecule has 1 aromatic rings. The average molecular weight is 233 g/mol. The van der Waals surface area contributed by atoms with Gasteiger partial charge in [0.25, 0.3) is 0 Å². The predicted molar refractivity (Wildman–Crippen MR) is 71.0 cm³/mol. The first kappa shape index (κ1) is 13.3. The van der Waals surface area contributed by atoms with E-state index in [2.05, 4.69) is 16.9 Å². The van der Waals surface area contributed by atoms with Gasteiger partial charge in [0.1, 0.15) is 0 Å². The molecule has 0 heterocycles. The highest BCUT2D eigenvalue weighted by molar-refractivity contribution is 5.77. The Balaban J connectivity index is 2.56. The van der Waals surface area contributed by atoms with Crippen molar-refractivity contribution in [1.29, 1.82) is 0 Å². The molecule has 0 aliphatic carbocycles. The number of aliphatic imine (C=N–C) groups is 1. The second-order valence-corrected chi connectivity index (χ2v) is 3.69. The zero-order chi connectivity index (χ0) is 12.5. The Kier molecular flexibility index (Phi) is 5.82. The zero-order valence-corrected chi connectivity index (χ0v) is 9.84. The molecule has 0 fully saturated rings. The molecule has 4 heteroatoms. The standard InChI is InChI=1S/C13H19N3O/c1-2-8-15-13(14)16-9-12(10-17)11-6-4-3-5-7-11/h2-7,12,17H,1,8-10H2,(H3,14,15,16). The Morgan fingerprint density at radius 1 is 1.47 bits per heavy atom. The van der Waals surface area contributed by atoms with Gasteiger partial charge >= 0.3 is 0 Å². The highest BCUT2D eigenvalue weighted by Crippen LogP contribution is 2.14. The topological polar surface area (TPSA) is 70.6 Å². The number of guanidine groups is 1. The van der Waals surface area contributed by atoms with Gasteiger partial charge in [-0.05, 0) is 5.56 Å². The Labute approximate surface area is 102 Å². The molecule has 0 aromatic heterocycles. The molecule has 1 rings (SSSR count). The van der Waals surface area contributed by atoms with Crippen LogP contribution < -0.4 is 11.1 Å². The van der Waals surface area contributed by atoms with Crippen LogP contribution in [0.25, 0.3) is 0 Å². The Morgan fingerprint density at radius 3 is 2.76 bits per heavy atom. The van der Waals surface area contributed by atoms with E-state index in [0.717, 1.165) is 5.56 Å². The summed E-state index contributed by atoms with van der Waals surface area (Å²) in [5, 5.41) is 12.2. The Hall–Kier alpha value is -1.81. The van der Waals surface area contributed by atoms with Gasteiger partial charge in [-0.25, -0.2) is 0 Å². The summed E-state index contributed by atoms with van der Waals surface area (Å²) in [7, 11) is 0. The number of benzene rings is 1. The summed E-state index contributed by atoms with van der Waals surface area (Å²) in [6.45, 7) is 4.69. The molecule has 0 saturated heterocycles. The molecule has 17 heavy (non-hydrogen) atoms. The zero-order valence-electron chi connectivity index (χ0n) is 9.84. The average Bonchev–Trinajstić information content (AvgIpc) is 2.38. The van der Waals surface area contributed by atoms with Crippen LogP contribution in [-0.2, 0) is 0 Å². The number of nitrogens with zero attached hydrogens (tertiary/aromatic N) is 1. The molecule has 0 spiro atoms. The van der Waals surface area contributed by atoms with Gasteiger partial charge in [-0.15, -0.1) is 6.58 Å². The fourth-order valence-corrected chi connectivity index (χ4v) is 1.43. The first-order chi connectivity index (χ1) is 8.27. The third-order valence-corrected chi connectivity index (χ3v) is 2.40. The highest BCUT2D eigenvalue weighted by Gasteiger charge is 2.08. The van der Waals surface area contributed by atoms with Crippen molar-refractivity contribution < 1.29 is 5.11 Å². The predicted octanol–water partition coefficient (Wildman–Crippen LogP) is 0.853.